The highest BCUT2D eigenvalue weighted by Crippen LogP contribution is 2.29. The average Bonchev–Trinajstić information content (AvgIpc) is 2.36. The number of nitrogens with zero attached hydrogens (tertiary/aromatic N) is 1. The van der Waals surface area contributed by atoms with E-state index in [1.165, 1.54) is 0 Å². The Bertz CT molecular complexity index is 451. The summed E-state index contributed by atoms with van der Waals surface area (Å²) < 4.78 is 0.848. The Morgan fingerprint density at radius 2 is 2.33 bits per heavy atom. The first-order valence-electron chi connectivity index (χ1n) is 6.13. The molecule has 1 saturated heterocycles. The molecule has 2 rings (SSSR count). The predicted octanol–water partition coefficient (Wildman–Crippen LogP) is 3.21. The highest BCUT2D eigenvalue weighted by Gasteiger charge is 2.28. The topological polar surface area (TPSA) is 32.3 Å². The summed E-state index contributed by atoms with van der Waals surface area (Å²) in [7, 11) is 0. The molecule has 0 aliphatic carbocycles. The van der Waals surface area contributed by atoms with Gasteiger partial charge in [0.2, 0.25) is 5.91 Å². The fourth-order valence-corrected chi connectivity index (χ4v) is 2.64. The van der Waals surface area contributed by atoms with Crippen LogP contribution in [0.3, 0.4) is 0 Å². The molecule has 1 aromatic carbocycles. The molecule has 0 aromatic heterocycles. The third-order valence-electron chi connectivity index (χ3n) is 3.10. The number of hydrogen-bond donors (Lipinski definition) is 1. The van der Waals surface area contributed by atoms with Crippen molar-refractivity contribution in [2.75, 3.05) is 18.0 Å². The molecule has 0 spiro atoms. The molecule has 1 aromatic rings. The first-order valence-corrected chi connectivity index (χ1v) is 7.30. The largest absolute Gasteiger partial charge is 0.311 e. The molecule has 1 amide bonds. The van der Waals surface area contributed by atoms with Gasteiger partial charge >= 0.3 is 0 Å². The molecule has 1 fully saturated rings. The second-order valence-electron chi connectivity index (χ2n) is 4.34. The Morgan fingerprint density at radius 3 is 3.00 bits per heavy atom. The zero-order chi connectivity index (χ0) is 13.1. The summed E-state index contributed by atoms with van der Waals surface area (Å²) in [4.78, 5) is 14.1. The highest BCUT2D eigenvalue weighted by molar-refractivity contribution is 9.10. The van der Waals surface area contributed by atoms with Gasteiger partial charge in [0.15, 0.2) is 0 Å². The molecule has 1 unspecified atom stereocenters. The maximum atomic E-state index is 12.3. The number of benzene rings is 1. The van der Waals surface area contributed by atoms with E-state index in [1.807, 2.05) is 30.0 Å². The number of rotatable bonds is 3. The first-order chi connectivity index (χ1) is 8.63. The number of hydrogen-bond acceptors (Lipinski definition) is 2. The van der Waals surface area contributed by atoms with Crippen LogP contribution in [-0.2, 0) is 4.79 Å². The van der Waals surface area contributed by atoms with Crippen molar-refractivity contribution in [3.05, 3.63) is 27.7 Å². The van der Waals surface area contributed by atoms with Crippen LogP contribution in [0.1, 0.15) is 19.8 Å². The maximum Gasteiger partial charge on any atom is 0.244 e. The number of carbonyl (C=O) groups is 1. The predicted molar refractivity (Wildman–Crippen MR) is 78.2 cm³/mol. The summed E-state index contributed by atoms with van der Waals surface area (Å²) >= 11 is 9.44. The number of piperidine rings is 1. The van der Waals surface area contributed by atoms with E-state index in [-0.39, 0.29) is 11.9 Å². The van der Waals surface area contributed by atoms with Gasteiger partial charge < -0.3 is 10.2 Å². The van der Waals surface area contributed by atoms with Gasteiger partial charge in [-0.1, -0.05) is 18.5 Å². The van der Waals surface area contributed by atoms with Crippen molar-refractivity contribution in [3.8, 4) is 0 Å². The lowest BCUT2D eigenvalue weighted by Crippen LogP contribution is -2.50. The number of amides is 1. The number of anilines is 1. The van der Waals surface area contributed by atoms with Crippen LogP contribution < -0.4 is 10.2 Å². The van der Waals surface area contributed by atoms with Crippen LogP contribution in [0.25, 0.3) is 0 Å². The fourth-order valence-electron chi connectivity index (χ4n) is 2.22. The average molecular weight is 332 g/mol. The standard InChI is InChI=1S/C13H16BrClN2O/c1-2-16-12-4-3-7-17(13(12)18)9-5-6-10(14)11(15)8-9/h5-6,8,12,16H,2-4,7H2,1H3. The first kappa shape index (κ1) is 13.8. The SMILES string of the molecule is CCNC1CCCN(c2ccc(Br)c(Cl)c2)C1=O. The van der Waals surface area contributed by atoms with Crippen molar-refractivity contribution in [2.45, 2.75) is 25.8 Å². The molecule has 0 bridgehead atoms. The molecule has 98 valence electrons. The van der Waals surface area contributed by atoms with Gasteiger partial charge in [0, 0.05) is 16.7 Å². The third-order valence-corrected chi connectivity index (χ3v) is 4.34. The van der Waals surface area contributed by atoms with Crippen molar-refractivity contribution >= 4 is 39.1 Å². The lowest BCUT2D eigenvalue weighted by molar-refractivity contribution is -0.121. The molecular formula is C13H16BrClN2O. The Kier molecular flexibility index (Phi) is 4.65. The zero-order valence-electron chi connectivity index (χ0n) is 10.2. The summed E-state index contributed by atoms with van der Waals surface area (Å²) in [5.41, 5.74) is 0.871. The Morgan fingerprint density at radius 1 is 1.56 bits per heavy atom. The highest BCUT2D eigenvalue weighted by atomic mass is 79.9. The zero-order valence-corrected chi connectivity index (χ0v) is 12.6. The smallest absolute Gasteiger partial charge is 0.244 e. The van der Waals surface area contributed by atoms with Gasteiger partial charge in [0.1, 0.15) is 0 Å². The third kappa shape index (κ3) is 2.87. The quantitative estimate of drug-likeness (QED) is 0.922. The van der Waals surface area contributed by atoms with Crippen LogP contribution in [0.15, 0.2) is 22.7 Å². The number of halogens is 2. The molecule has 1 heterocycles. The fraction of sp³-hybridized carbons (Fsp3) is 0.462. The van der Waals surface area contributed by atoms with Gasteiger partial charge in [-0.05, 0) is 53.5 Å². The molecule has 3 nitrogen and oxygen atoms in total. The van der Waals surface area contributed by atoms with Gasteiger partial charge in [-0.25, -0.2) is 0 Å². The van der Waals surface area contributed by atoms with Crippen LogP contribution in [0.5, 0.6) is 0 Å². The van der Waals surface area contributed by atoms with Gasteiger partial charge in [-0.3, -0.25) is 4.79 Å². The van der Waals surface area contributed by atoms with Crippen molar-refractivity contribution in [2.24, 2.45) is 0 Å². The summed E-state index contributed by atoms with van der Waals surface area (Å²) in [6.07, 6.45) is 1.92. The van der Waals surface area contributed by atoms with Gasteiger partial charge in [0.05, 0.1) is 11.1 Å². The van der Waals surface area contributed by atoms with E-state index in [1.54, 1.807) is 0 Å². The van der Waals surface area contributed by atoms with E-state index in [9.17, 15) is 4.79 Å². The Balaban J connectivity index is 2.21. The molecule has 5 heteroatoms. The van der Waals surface area contributed by atoms with Gasteiger partial charge in [0.25, 0.3) is 0 Å². The van der Waals surface area contributed by atoms with E-state index in [0.29, 0.717) is 5.02 Å². The van der Waals surface area contributed by atoms with E-state index in [4.69, 9.17) is 11.6 Å². The number of likely N-dealkylation sites (N-methyl/N-ethyl adjacent to an activating group) is 1. The van der Waals surface area contributed by atoms with E-state index >= 15 is 0 Å². The van der Waals surface area contributed by atoms with Crippen LogP contribution in [0.4, 0.5) is 5.69 Å². The van der Waals surface area contributed by atoms with E-state index in [2.05, 4.69) is 21.2 Å². The van der Waals surface area contributed by atoms with E-state index in [0.717, 1.165) is 36.1 Å². The minimum absolute atomic E-state index is 0.0637. The van der Waals surface area contributed by atoms with E-state index < -0.39 is 0 Å². The van der Waals surface area contributed by atoms with Crippen molar-refractivity contribution in [1.82, 2.24) is 5.32 Å². The number of nitrogens with one attached hydrogen (secondary N) is 1. The molecule has 1 atom stereocenters. The maximum absolute atomic E-state index is 12.3. The Hall–Kier alpha value is -0.580. The van der Waals surface area contributed by atoms with Crippen molar-refractivity contribution in [3.63, 3.8) is 0 Å². The molecule has 18 heavy (non-hydrogen) atoms. The minimum atomic E-state index is -0.0637. The molecule has 0 saturated carbocycles. The summed E-state index contributed by atoms with van der Waals surface area (Å²) in [6, 6.07) is 5.56. The molecule has 1 aliphatic heterocycles. The van der Waals surface area contributed by atoms with Crippen LogP contribution in [0, 0.1) is 0 Å². The summed E-state index contributed by atoms with van der Waals surface area (Å²) in [5, 5.41) is 3.86. The molecule has 1 N–H and O–H groups in total. The second kappa shape index (κ2) is 6.04. The van der Waals surface area contributed by atoms with Gasteiger partial charge in [-0.15, -0.1) is 0 Å². The summed E-state index contributed by atoms with van der Waals surface area (Å²) in [5.74, 6) is 0.140. The molecule has 1 aliphatic rings. The van der Waals surface area contributed by atoms with Crippen molar-refractivity contribution in [1.29, 1.82) is 0 Å². The lowest BCUT2D eigenvalue weighted by Gasteiger charge is -2.32. The summed E-state index contributed by atoms with van der Waals surface area (Å²) in [6.45, 7) is 3.59. The minimum Gasteiger partial charge on any atom is -0.311 e. The monoisotopic (exact) mass is 330 g/mol. The number of carbonyl (C=O) groups excluding carboxylic acids is 1. The molecular weight excluding hydrogens is 316 g/mol. The lowest BCUT2D eigenvalue weighted by atomic mass is 10.0. The van der Waals surface area contributed by atoms with Crippen LogP contribution in [0.2, 0.25) is 5.02 Å². The molecule has 0 radical (unpaired) electrons. The van der Waals surface area contributed by atoms with Crippen LogP contribution >= 0.6 is 27.5 Å². The van der Waals surface area contributed by atoms with Gasteiger partial charge in [-0.2, -0.15) is 0 Å². The Labute approximate surface area is 121 Å². The second-order valence-corrected chi connectivity index (χ2v) is 5.60. The van der Waals surface area contributed by atoms with Crippen LogP contribution in [-0.4, -0.2) is 25.0 Å². The normalized spacial score (nSPS) is 20.3. The van der Waals surface area contributed by atoms with Crippen molar-refractivity contribution < 1.29 is 4.79 Å².